The summed E-state index contributed by atoms with van der Waals surface area (Å²) in [4.78, 5) is 54.9. The zero-order chi connectivity index (χ0) is 23.8. The Hall–Kier alpha value is -3.48. The summed E-state index contributed by atoms with van der Waals surface area (Å²) in [5, 5.41) is 9.73. The molecule has 0 aromatic heterocycles. The second-order valence-corrected chi connectivity index (χ2v) is 9.48. The summed E-state index contributed by atoms with van der Waals surface area (Å²) in [6, 6.07) is 14.4. The Kier molecular flexibility index (Phi) is 5.94. The average Bonchev–Trinajstić information content (AvgIpc) is 2.86. The summed E-state index contributed by atoms with van der Waals surface area (Å²) >= 11 is 0. The van der Waals surface area contributed by atoms with Gasteiger partial charge in [0.2, 0.25) is 11.8 Å². The smallest absolute Gasteiger partial charge is 0.307 e. The zero-order valence-corrected chi connectivity index (χ0v) is 19.0. The Bertz CT molecular complexity index is 1160. The molecule has 34 heavy (non-hydrogen) atoms. The quantitative estimate of drug-likeness (QED) is 0.707. The van der Waals surface area contributed by atoms with Crippen LogP contribution in [0.3, 0.4) is 0 Å². The van der Waals surface area contributed by atoms with Crippen LogP contribution in [0.5, 0.6) is 0 Å². The molecular weight excluding hydrogens is 432 g/mol. The number of carboxylic acid groups (broad SMARTS) is 1. The van der Waals surface area contributed by atoms with E-state index in [1.165, 1.54) is 4.90 Å². The van der Waals surface area contributed by atoms with Gasteiger partial charge in [0.15, 0.2) is 0 Å². The zero-order valence-electron chi connectivity index (χ0n) is 19.0. The van der Waals surface area contributed by atoms with Crippen molar-refractivity contribution in [2.45, 2.75) is 44.6 Å². The number of rotatable bonds is 4. The second kappa shape index (κ2) is 9.05. The minimum Gasteiger partial charge on any atom is -0.481 e. The van der Waals surface area contributed by atoms with Crippen molar-refractivity contribution in [1.82, 2.24) is 9.80 Å². The van der Waals surface area contributed by atoms with Gasteiger partial charge < -0.3 is 10.0 Å². The number of carboxylic acids is 1. The van der Waals surface area contributed by atoms with Crippen molar-refractivity contribution in [1.29, 1.82) is 0 Å². The predicted octanol–water partition coefficient (Wildman–Crippen LogP) is 3.23. The van der Waals surface area contributed by atoms with Gasteiger partial charge in [-0.25, -0.2) is 0 Å². The van der Waals surface area contributed by atoms with Crippen molar-refractivity contribution >= 4 is 23.7 Å². The average molecular weight is 461 g/mol. The molecule has 7 nitrogen and oxygen atoms in total. The van der Waals surface area contributed by atoms with E-state index in [1.807, 2.05) is 30.3 Å². The Morgan fingerprint density at radius 2 is 1.59 bits per heavy atom. The van der Waals surface area contributed by atoms with Crippen LogP contribution in [0.15, 0.2) is 48.5 Å². The first kappa shape index (κ1) is 22.3. The first-order valence-corrected chi connectivity index (χ1v) is 12.0. The van der Waals surface area contributed by atoms with E-state index in [4.69, 9.17) is 0 Å². The Morgan fingerprint density at radius 1 is 0.912 bits per heavy atom. The minimum absolute atomic E-state index is 0.0687. The van der Waals surface area contributed by atoms with Crippen LogP contribution < -0.4 is 0 Å². The molecule has 3 atom stereocenters. The highest BCUT2D eigenvalue weighted by molar-refractivity contribution is 6.09. The summed E-state index contributed by atoms with van der Waals surface area (Å²) in [7, 11) is 0. The molecule has 2 aliphatic heterocycles. The molecule has 0 bridgehead atoms. The molecule has 2 aromatic carbocycles. The van der Waals surface area contributed by atoms with Crippen molar-refractivity contribution in [3.05, 3.63) is 70.8 Å². The van der Waals surface area contributed by atoms with Crippen molar-refractivity contribution < 1.29 is 24.3 Å². The number of aliphatic carboxylic acids is 1. The molecular formula is C27H28N2O5. The van der Waals surface area contributed by atoms with Gasteiger partial charge >= 0.3 is 5.97 Å². The molecule has 5 rings (SSSR count). The number of hydrogen-bond acceptors (Lipinski definition) is 4. The van der Waals surface area contributed by atoms with Crippen molar-refractivity contribution in [2.75, 3.05) is 13.1 Å². The highest BCUT2D eigenvalue weighted by Crippen LogP contribution is 2.37. The number of benzene rings is 2. The maximum absolute atomic E-state index is 13.8. The highest BCUT2D eigenvalue weighted by atomic mass is 16.4. The third-order valence-corrected chi connectivity index (χ3v) is 7.59. The molecule has 0 radical (unpaired) electrons. The van der Waals surface area contributed by atoms with Gasteiger partial charge in [0, 0.05) is 12.1 Å². The van der Waals surface area contributed by atoms with Gasteiger partial charge in [-0.05, 0) is 42.0 Å². The van der Waals surface area contributed by atoms with E-state index in [9.17, 15) is 24.3 Å². The predicted molar refractivity (Wildman–Crippen MR) is 124 cm³/mol. The van der Waals surface area contributed by atoms with E-state index in [0.29, 0.717) is 31.4 Å². The number of nitrogens with zero attached hydrogens (tertiary/aromatic N) is 2. The van der Waals surface area contributed by atoms with Crippen LogP contribution in [0.2, 0.25) is 0 Å². The van der Waals surface area contributed by atoms with Crippen LogP contribution >= 0.6 is 0 Å². The molecule has 1 saturated carbocycles. The van der Waals surface area contributed by atoms with Gasteiger partial charge in [-0.2, -0.15) is 0 Å². The summed E-state index contributed by atoms with van der Waals surface area (Å²) < 4.78 is 0. The fourth-order valence-electron chi connectivity index (χ4n) is 5.81. The lowest BCUT2D eigenvalue weighted by atomic mass is 9.77. The van der Waals surface area contributed by atoms with E-state index in [2.05, 4.69) is 0 Å². The van der Waals surface area contributed by atoms with E-state index < -0.39 is 23.8 Å². The molecule has 1 fully saturated rings. The molecule has 1 N–H and O–H groups in total. The maximum atomic E-state index is 13.8. The Morgan fingerprint density at radius 3 is 2.35 bits per heavy atom. The molecule has 0 spiro atoms. The molecule has 2 heterocycles. The van der Waals surface area contributed by atoms with Gasteiger partial charge in [-0.3, -0.25) is 24.1 Å². The molecule has 0 saturated heterocycles. The number of carbonyl (C=O) groups is 4. The van der Waals surface area contributed by atoms with Gasteiger partial charge in [-0.15, -0.1) is 0 Å². The molecule has 3 aliphatic rings. The van der Waals surface area contributed by atoms with Crippen LogP contribution in [0.1, 0.15) is 58.8 Å². The van der Waals surface area contributed by atoms with Gasteiger partial charge in [-0.1, -0.05) is 55.3 Å². The fourth-order valence-corrected chi connectivity index (χ4v) is 5.81. The van der Waals surface area contributed by atoms with Crippen LogP contribution in [0.25, 0.3) is 0 Å². The molecule has 176 valence electrons. The van der Waals surface area contributed by atoms with Crippen molar-refractivity contribution in [3.63, 3.8) is 0 Å². The Labute approximate surface area is 198 Å². The lowest BCUT2D eigenvalue weighted by Gasteiger charge is -2.43. The molecule has 7 heteroatoms. The molecule has 1 aliphatic carbocycles. The number of fused-ring (bicyclic) bond motifs is 2. The summed E-state index contributed by atoms with van der Waals surface area (Å²) in [5.74, 6) is -2.99. The summed E-state index contributed by atoms with van der Waals surface area (Å²) in [6.45, 7) is 0.509. The van der Waals surface area contributed by atoms with E-state index in [1.54, 1.807) is 23.1 Å². The number of imide groups is 1. The monoisotopic (exact) mass is 460 g/mol. The summed E-state index contributed by atoms with van der Waals surface area (Å²) in [5.41, 5.74) is 3.25. The Balaban J connectivity index is 1.48. The standard InChI is InChI=1S/C27H28N2O5/c30-24-15-18-8-2-4-10-20(18)25(31)29(24)16-23-19-9-3-1-7-17(19)13-14-28(23)26(32)21-11-5-6-12-22(21)27(33)34/h1-4,7-10,21-23H,5-6,11-16H2,(H,33,34). The van der Waals surface area contributed by atoms with E-state index in [0.717, 1.165) is 29.5 Å². The SMILES string of the molecule is O=C(O)C1CCCCC1C(=O)N1CCc2ccccc2C1CN1C(=O)Cc2ccccc2C1=O. The number of amides is 3. The lowest BCUT2D eigenvalue weighted by molar-refractivity contribution is -0.154. The second-order valence-electron chi connectivity index (χ2n) is 9.48. The van der Waals surface area contributed by atoms with Crippen LogP contribution in [-0.4, -0.2) is 51.7 Å². The first-order valence-electron chi connectivity index (χ1n) is 12.0. The van der Waals surface area contributed by atoms with Crippen molar-refractivity contribution in [3.8, 4) is 0 Å². The number of hydrogen-bond donors (Lipinski definition) is 1. The fraction of sp³-hybridized carbons (Fsp3) is 0.407. The van der Waals surface area contributed by atoms with Crippen LogP contribution in [-0.2, 0) is 27.2 Å². The van der Waals surface area contributed by atoms with E-state index >= 15 is 0 Å². The van der Waals surface area contributed by atoms with Gasteiger partial charge in [0.1, 0.15) is 0 Å². The summed E-state index contributed by atoms with van der Waals surface area (Å²) in [6.07, 6.45) is 3.50. The largest absolute Gasteiger partial charge is 0.481 e. The molecule has 3 unspecified atom stereocenters. The first-order chi connectivity index (χ1) is 16.5. The lowest BCUT2D eigenvalue weighted by Crippen LogP contribution is -2.52. The van der Waals surface area contributed by atoms with Gasteiger partial charge in [0.05, 0.1) is 30.8 Å². The van der Waals surface area contributed by atoms with Crippen LogP contribution in [0.4, 0.5) is 0 Å². The maximum Gasteiger partial charge on any atom is 0.307 e. The number of carbonyl (C=O) groups excluding carboxylic acids is 3. The minimum atomic E-state index is -0.926. The molecule has 2 aromatic rings. The van der Waals surface area contributed by atoms with Crippen LogP contribution in [0, 0.1) is 11.8 Å². The van der Waals surface area contributed by atoms with Gasteiger partial charge in [0.25, 0.3) is 5.91 Å². The third-order valence-electron chi connectivity index (χ3n) is 7.59. The van der Waals surface area contributed by atoms with Crippen molar-refractivity contribution in [2.24, 2.45) is 11.8 Å². The third kappa shape index (κ3) is 3.89. The normalized spacial score (nSPS) is 24.4. The molecule has 3 amide bonds. The van der Waals surface area contributed by atoms with E-state index in [-0.39, 0.29) is 30.7 Å². The topological polar surface area (TPSA) is 95.0 Å². The highest BCUT2D eigenvalue weighted by Gasteiger charge is 2.43.